The molecular weight excluding hydrogens is 487 g/mol. The predicted molar refractivity (Wildman–Crippen MR) is 148 cm³/mol. The summed E-state index contributed by atoms with van der Waals surface area (Å²) >= 11 is 0. The number of hydrogen-bond acceptors (Lipinski definition) is 8. The van der Waals surface area contributed by atoms with Crippen molar-refractivity contribution in [2.75, 3.05) is 36.5 Å². The lowest BCUT2D eigenvalue weighted by atomic mass is 10.0. The Hall–Kier alpha value is -4.12. The highest BCUT2D eigenvalue weighted by molar-refractivity contribution is 6.19. The molecular formula is C28H33FN6O3. The molecule has 1 atom stereocenters. The molecule has 0 aromatic heterocycles. The number of carbonyl (C=O) groups excluding carboxylic acids is 1. The quantitative estimate of drug-likeness (QED) is 0.236. The number of morpholine rings is 1. The summed E-state index contributed by atoms with van der Waals surface area (Å²) in [6.45, 7) is 6.27. The van der Waals surface area contributed by atoms with Crippen molar-refractivity contribution >= 4 is 28.9 Å². The van der Waals surface area contributed by atoms with Crippen LogP contribution in [0.5, 0.6) is 0 Å². The highest BCUT2D eigenvalue weighted by Gasteiger charge is 2.23. The topological polar surface area (TPSA) is 139 Å². The van der Waals surface area contributed by atoms with Crippen LogP contribution in [0.25, 0.3) is 0 Å². The Balaban J connectivity index is 0.000000199. The van der Waals surface area contributed by atoms with E-state index < -0.39 is 6.17 Å². The number of nitrogens with one attached hydrogen (secondary N) is 2. The van der Waals surface area contributed by atoms with E-state index in [2.05, 4.69) is 15.1 Å². The van der Waals surface area contributed by atoms with Crippen LogP contribution in [0.15, 0.2) is 77.8 Å². The van der Waals surface area contributed by atoms with E-state index in [9.17, 15) is 9.18 Å². The molecule has 5 rings (SSSR count). The summed E-state index contributed by atoms with van der Waals surface area (Å²) < 4.78 is 19.1. The average molecular weight is 521 g/mol. The average Bonchev–Trinajstić information content (AvgIpc) is 3.10. The van der Waals surface area contributed by atoms with Gasteiger partial charge in [0, 0.05) is 24.2 Å². The van der Waals surface area contributed by atoms with Gasteiger partial charge in [-0.05, 0) is 18.2 Å². The Labute approximate surface area is 221 Å². The van der Waals surface area contributed by atoms with Crippen LogP contribution in [0.4, 0.5) is 15.8 Å². The number of anilines is 2. The zero-order chi connectivity index (χ0) is 27.5. The lowest BCUT2D eigenvalue weighted by Crippen LogP contribution is -2.38. The second-order valence-corrected chi connectivity index (χ2v) is 8.01. The lowest BCUT2D eigenvalue weighted by Gasteiger charge is -2.30. The Morgan fingerprint density at radius 1 is 1.05 bits per heavy atom. The zero-order valence-corrected chi connectivity index (χ0v) is 21.5. The van der Waals surface area contributed by atoms with E-state index >= 15 is 0 Å². The van der Waals surface area contributed by atoms with Crippen molar-refractivity contribution in [3.05, 3.63) is 95.3 Å². The minimum Gasteiger partial charge on any atom is -0.391 e. The number of benzene rings is 3. The summed E-state index contributed by atoms with van der Waals surface area (Å²) in [5.41, 5.74) is 9.80. The lowest BCUT2D eigenvalue weighted by molar-refractivity contribution is -0.117. The second-order valence-electron chi connectivity index (χ2n) is 8.01. The van der Waals surface area contributed by atoms with Gasteiger partial charge in [-0.2, -0.15) is 5.90 Å². The molecule has 1 unspecified atom stereocenters. The zero-order valence-electron chi connectivity index (χ0n) is 21.5. The SMILES string of the molecule is CC.N=C(ON)c1cccc(F)c1N1CCOCC1.NC1N=C(c2ccccc2)c2ccccc2NC1=O. The standard InChI is InChI=1S/C15H13N3O.C11H14FN3O2.C2H6/c16-14-15(19)17-12-9-5-4-8-11(12)13(18-14)10-6-2-1-3-7-10;12-9-3-1-2-8(11(13)17-14)10(9)15-4-6-16-7-5-15;1-2/h1-9,14H,16H2,(H,17,19);1-3,13H,4-7,14H2;1-2H3. The Kier molecular flexibility index (Phi) is 10.5. The van der Waals surface area contributed by atoms with E-state index in [4.69, 9.17) is 21.8 Å². The largest absolute Gasteiger partial charge is 0.391 e. The van der Waals surface area contributed by atoms with Gasteiger partial charge < -0.3 is 25.5 Å². The van der Waals surface area contributed by atoms with E-state index in [1.807, 2.05) is 73.3 Å². The molecule has 1 saturated heterocycles. The molecule has 2 aliphatic rings. The summed E-state index contributed by atoms with van der Waals surface area (Å²) in [5.74, 6) is 4.04. The number of benzodiazepines with no additional fused rings is 1. The summed E-state index contributed by atoms with van der Waals surface area (Å²) in [4.78, 5) is 22.4. The van der Waals surface area contributed by atoms with Gasteiger partial charge in [-0.3, -0.25) is 15.2 Å². The van der Waals surface area contributed by atoms with Crippen LogP contribution >= 0.6 is 0 Å². The number of amides is 1. The van der Waals surface area contributed by atoms with Crippen LogP contribution in [-0.4, -0.2) is 50.0 Å². The summed E-state index contributed by atoms with van der Waals surface area (Å²) in [7, 11) is 0. The fourth-order valence-electron chi connectivity index (χ4n) is 3.97. The van der Waals surface area contributed by atoms with Crippen molar-refractivity contribution in [2.24, 2.45) is 16.6 Å². The number of halogens is 1. The molecule has 9 nitrogen and oxygen atoms in total. The van der Waals surface area contributed by atoms with E-state index in [1.165, 1.54) is 12.1 Å². The van der Waals surface area contributed by atoms with E-state index in [0.717, 1.165) is 22.5 Å². The minimum absolute atomic E-state index is 0.244. The maximum Gasteiger partial charge on any atom is 0.263 e. The Bertz CT molecular complexity index is 1260. The second kappa shape index (κ2) is 14.0. The fourth-order valence-corrected chi connectivity index (χ4v) is 3.97. The molecule has 2 aliphatic heterocycles. The number of nitrogens with zero attached hydrogens (tertiary/aromatic N) is 2. The first kappa shape index (κ1) is 28.5. The minimum atomic E-state index is -0.886. The highest BCUT2D eigenvalue weighted by Crippen LogP contribution is 2.26. The number of nitrogens with two attached hydrogens (primary N) is 2. The third-order valence-electron chi connectivity index (χ3n) is 5.70. The van der Waals surface area contributed by atoms with Gasteiger partial charge in [-0.15, -0.1) is 0 Å². The molecule has 0 bridgehead atoms. The van der Waals surface area contributed by atoms with Crippen LogP contribution in [0.2, 0.25) is 0 Å². The molecule has 0 aliphatic carbocycles. The molecule has 200 valence electrons. The van der Waals surface area contributed by atoms with Crippen LogP contribution in [-0.2, 0) is 14.4 Å². The van der Waals surface area contributed by atoms with E-state index in [-0.39, 0.29) is 17.6 Å². The molecule has 0 saturated carbocycles. The number of fused-ring (bicyclic) bond motifs is 1. The van der Waals surface area contributed by atoms with Gasteiger partial charge in [0.2, 0.25) is 5.90 Å². The van der Waals surface area contributed by atoms with Crippen molar-refractivity contribution in [3.63, 3.8) is 0 Å². The van der Waals surface area contributed by atoms with Crippen molar-refractivity contribution in [1.82, 2.24) is 0 Å². The number of hydrogen-bond donors (Lipinski definition) is 4. The highest BCUT2D eigenvalue weighted by atomic mass is 19.1. The van der Waals surface area contributed by atoms with Gasteiger partial charge >= 0.3 is 0 Å². The van der Waals surface area contributed by atoms with Crippen molar-refractivity contribution in [2.45, 2.75) is 20.0 Å². The van der Waals surface area contributed by atoms with Gasteiger partial charge in [0.05, 0.1) is 35.9 Å². The summed E-state index contributed by atoms with van der Waals surface area (Å²) in [6, 6.07) is 21.8. The first-order valence-corrected chi connectivity index (χ1v) is 12.4. The van der Waals surface area contributed by atoms with Crippen molar-refractivity contribution in [1.29, 1.82) is 5.41 Å². The smallest absolute Gasteiger partial charge is 0.263 e. The van der Waals surface area contributed by atoms with Crippen molar-refractivity contribution in [3.8, 4) is 0 Å². The van der Waals surface area contributed by atoms with Gasteiger partial charge in [0.15, 0.2) is 6.17 Å². The maximum absolute atomic E-state index is 13.9. The number of rotatable bonds is 3. The monoisotopic (exact) mass is 520 g/mol. The molecule has 3 aromatic rings. The summed E-state index contributed by atoms with van der Waals surface area (Å²) in [6.07, 6.45) is -0.886. The fraction of sp³-hybridized carbons (Fsp3) is 0.250. The first-order valence-electron chi connectivity index (χ1n) is 12.4. The first-order chi connectivity index (χ1) is 18.5. The van der Waals surface area contributed by atoms with Gasteiger partial charge in [0.1, 0.15) is 5.82 Å². The van der Waals surface area contributed by atoms with Gasteiger partial charge in [0.25, 0.3) is 5.91 Å². The molecule has 1 fully saturated rings. The van der Waals surface area contributed by atoms with Gasteiger partial charge in [-0.25, -0.2) is 4.39 Å². The number of ether oxygens (including phenoxy) is 1. The maximum atomic E-state index is 13.9. The van der Waals surface area contributed by atoms with Crippen molar-refractivity contribution < 1.29 is 18.8 Å². The molecule has 1 amide bonds. The predicted octanol–water partition coefficient (Wildman–Crippen LogP) is 3.67. The van der Waals surface area contributed by atoms with E-state index in [0.29, 0.717) is 37.6 Å². The molecule has 2 heterocycles. The Morgan fingerprint density at radius 2 is 1.71 bits per heavy atom. The third kappa shape index (κ3) is 6.80. The molecule has 3 aromatic carbocycles. The normalized spacial score (nSPS) is 16.2. The molecule has 10 heteroatoms. The molecule has 6 N–H and O–H groups in total. The molecule has 0 radical (unpaired) electrons. The van der Waals surface area contributed by atoms with Crippen LogP contribution in [0, 0.1) is 11.2 Å². The third-order valence-corrected chi connectivity index (χ3v) is 5.70. The molecule has 38 heavy (non-hydrogen) atoms. The Morgan fingerprint density at radius 3 is 2.39 bits per heavy atom. The summed E-state index contributed by atoms with van der Waals surface area (Å²) in [5, 5.41) is 10.4. The van der Waals surface area contributed by atoms with Gasteiger partial charge in [-0.1, -0.05) is 68.4 Å². The molecule has 0 spiro atoms. The van der Waals surface area contributed by atoms with E-state index in [1.54, 1.807) is 6.07 Å². The number of aliphatic imine (C=N–C) groups is 1. The van der Waals surface area contributed by atoms with Crippen LogP contribution in [0.1, 0.15) is 30.5 Å². The van der Waals surface area contributed by atoms with Crippen LogP contribution < -0.4 is 21.8 Å². The van der Waals surface area contributed by atoms with Crippen LogP contribution in [0.3, 0.4) is 0 Å². The number of para-hydroxylation sites is 2. The number of carbonyl (C=O) groups is 1.